The second-order valence-corrected chi connectivity index (χ2v) is 16.2. The average molecular weight is 626 g/mol. The van der Waals surface area contributed by atoms with Crippen molar-refractivity contribution < 1.29 is 4.21 Å². The topological polar surface area (TPSA) is 29.4 Å². The summed E-state index contributed by atoms with van der Waals surface area (Å²) >= 11 is 0. The fraction of sp³-hybridized carbons (Fsp3) is 0.136. The van der Waals surface area contributed by atoms with Gasteiger partial charge < -0.3 is 0 Å². The van der Waals surface area contributed by atoms with E-state index in [0.29, 0.717) is 0 Å². The molecule has 0 radical (unpaired) electrons. The molecule has 1 aliphatic heterocycles. The Bertz CT molecular complexity index is 2460. The van der Waals surface area contributed by atoms with Crippen LogP contribution in [0.15, 0.2) is 154 Å². The molecule has 6 aromatic rings. The zero-order chi connectivity index (χ0) is 32.1. The Hall–Kier alpha value is -4.99. The van der Waals surface area contributed by atoms with Crippen LogP contribution in [0.25, 0.3) is 33.5 Å². The van der Waals surface area contributed by atoms with Gasteiger partial charge in [0.2, 0.25) is 0 Å². The summed E-state index contributed by atoms with van der Waals surface area (Å²) in [4.78, 5) is 1.49. The molecule has 47 heavy (non-hydrogen) atoms. The van der Waals surface area contributed by atoms with Crippen molar-refractivity contribution in [2.24, 2.45) is 4.36 Å². The molecule has 6 aromatic carbocycles. The Balaban J connectivity index is 1.36. The number of fused-ring (bicyclic) bond motifs is 7. The first kappa shape index (κ1) is 28.3. The molecule has 0 saturated heterocycles. The maximum absolute atomic E-state index is 15.4. The van der Waals surface area contributed by atoms with Crippen LogP contribution in [0.3, 0.4) is 0 Å². The monoisotopic (exact) mass is 625 g/mol. The minimum Gasteiger partial charge on any atom is -0.239 e. The van der Waals surface area contributed by atoms with E-state index in [2.05, 4.69) is 125 Å². The van der Waals surface area contributed by atoms with Gasteiger partial charge in [0.25, 0.3) is 0 Å². The second kappa shape index (κ2) is 9.76. The summed E-state index contributed by atoms with van der Waals surface area (Å²) in [6.45, 7) is 9.24. The van der Waals surface area contributed by atoms with Crippen LogP contribution in [-0.2, 0) is 20.6 Å². The molecule has 3 aliphatic rings. The van der Waals surface area contributed by atoms with Crippen LogP contribution in [0.2, 0.25) is 0 Å². The van der Waals surface area contributed by atoms with E-state index in [1.165, 1.54) is 44.5 Å². The standard InChI is InChI=1S/C44H35NOS/c1-43(2)36-19-11-8-16-31(36)33-24-22-28(26-38(33)43)41-35-18-10-13-21-40(35)47(46,30-14-6-5-7-15-30)45-42(41)29-23-25-34-32-17-9-12-20-37(32)44(3,4)39(34)27-29/h5-27H,1-4H3. The van der Waals surface area contributed by atoms with Crippen LogP contribution in [0.5, 0.6) is 0 Å². The van der Waals surface area contributed by atoms with Crippen LogP contribution in [0.4, 0.5) is 0 Å². The van der Waals surface area contributed by atoms with E-state index in [1.54, 1.807) is 0 Å². The Morgan fingerprint density at radius 1 is 0.468 bits per heavy atom. The first-order valence-corrected chi connectivity index (χ1v) is 17.9. The molecular formula is C44H35NOS. The number of nitrogens with zero attached hydrogens (tertiary/aromatic N) is 1. The normalized spacial score (nSPS) is 19.2. The highest BCUT2D eigenvalue weighted by Crippen LogP contribution is 2.53. The smallest absolute Gasteiger partial charge is 0.109 e. The van der Waals surface area contributed by atoms with E-state index in [9.17, 15) is 0 Å². The van der Waals surface area contributed by atoms with E-state index < -0.39 is 9.73 Å². The van der Waals surface area contributed by atoms with Gasteiger partial charge in [-0.15, -0.1) is 0 Å². The Kier molecular flexibility index (Phi) is 5.87. The highest BCUT2D eigenvalue weighted by molar-refractivity contribution is 7.94. The molecule has 1 unspecified atom stereocenters. The van der Waals surface area contributed by atoms with Crippen molar-refractivity contribution >= 4 is 21.0 Å². The molecule has 0 amide bonds. The Morgan fingerprint density at radius 2 is 0.936 bits per heavy atom. The van der Waals surface area contributed by atoms with Crippen molar-refractivity contribution in [2.75, 3.05) is 0 Å². The quantitative estimate of drug-likeness (QED) is 0.192. The Labute approximate surface area is 277 Å². The van der Waals surface area contributed by atoms with Crippen molar-refractivity contribution in [1.29, 1.82) is 0 Å². The number of benzene rings is 6. The molecular weight excluding hydrogens is 591 g/mol. The zero-order valence-corrected chi connectivity index (χ0v) is 27.9. The average Bonchev–Trinajstić information content (AvgIpc) is 3.48. The SMILES string of the molecule is CC1(C)c2ccccc2-c2ccc(C3=C(c4ccc5c(c4)C(C)(C)c4ccccc4-5)c4ccccc4S(=O)(c4ccccc4)=N3)cc21. The van der Waals surface area contributed by atoms with Crippen LogP contribution >= 0.6 is 0 Å². The largest absolute Gasteiger partial charge is 0.239 e. The molecule has 0 bridgehead atoms. The number of hydrogen-bond donors (Lipinski definition) is 0. The van der Waals surface area contributed by atoms with Crippen LogP contribution < -0.4 is 0 Å². The molecule has 9 rings (SSSR count). The highest BCUT2D eigenvalue weighted by atomic mass is 32.2. The van der Waals surface area contributed by atoms with Gasteiger partial charge in [-0.3, -0.25) is 0 Å². The predicted molar refractivity (Wildman–Crippen MR) is 194 cm³/mol. The highest BCUT2D eigenvalue weighted by Gasteiger charge is 2.38. The maximum atomic E-state index is 15.4. The number of hydrogen-bond acceptors (Lipinski definition) is 2. The lowest BCUT2D eigenvalue weighted by molar-refractivity contribution is 0.660. The van der Waals surface area contributed by atoms with Crippen molar-refractivity contribution in [1.82, 2.24) is 0 Å². The molecule has 1 heterocycles. The summed E-state index contributed by atoms with van der Waals surface area (Å²) in [5.41, 5.74) is 14.9. The second-order valence-electron chi connectivity index (χ2n) is 14.0. The van der Waals surface area contributed by atoms with E-state index >= 15 is 4.21 Å². The van der Waals surface area contributed by atoms with E-state index in [1.807, 2.05) is 42.5 Å². The van der Waals surface area contributed by atoms with Gasteiger partial charge >= 0.3 is 0 Å². The zero-order valence-electron chi connectivity index (χ0n) is 27.0. The van der Waals surface area contributed by atoms with Gasteiger partial charge in [0.15, 0.2) is 0 Å². The molecule has 0 saturated carbocycles. The fourth-order valence-electron chi connectivity index (χ4n) is 8.25. The molecule has 0 fully saturated rings. The first-order chi connectivity index (χ1) is 22.7. The third kappa shape index (κ3) is 3.87. The van der Waals surface area contributed by atoms with Crippen LogP contribution in [-0.4, -0.2) is 4.21 Å². The van der Waals surface area contributed by atoms with Crippen molar-refractivity contribution in [2.45, 2.75) is 48.3 Å². The minimum absolute atomic E-state index is 0.144. The van der Waals surface area contributed by atoms with Gasteiger partial charge in [0.05, 0.1) is 15.5 Å². The van der Waals surface area contributed by atoms with Gasteiger partial charge in [-0.25, -0.2) is 4.21 Å². The van der Waals surface area contributed by atoms with Gasteiger partial charge in [-0.1, -0.05) is 137 Å². The summed E-state index contributed by atoms with van der Waals surface area (Å²) in [5.74, 6) is 0. The van der Waals surface area contributed by atoms with Crippen molar-refractivity contribution in [3.63, 3.8) is 0 Å². The van der Waals surface area contributed by atoms with Gasteiger partial charge in [0.1, 0.15) is 9.73 Å². The third-order valence-corrected chi connectivity index (χ3v) is 13.0. The van der Waals surface area contributed by atoms with Crippen molar-refractivity contribution in [3.8, 4) is 22.3 Å². The summed E-state index contributed by atoms with van der Waals surface area (Å²) in [7, 11) is -2.97. The van der Waals surface area contributed by atoms with Crippen LogP contribution in [0.1, 0.15) is 66.6 Å². The van der Waals surface area contributed by atoms with E-state index in [4.69, 9.17) is 4.36 Å². The number of rotatable bonds is 3. The van der Waals surface area contributed by atoms with Crippen LogP contribution in [0, 0.1) is 0 Å². The summed E-state index contributed by atoms with van der Waals surface area (Å²) < 4.78 is 20.7. The van der Waals surface area contributed by atoms with Gasteiger partial charge in [-0.05, 0) is 80.4 Å². The molecule has 1 atom stereocenters. The molecule has 0 aromatic heterocycles. The molecule has 2 nitrogen and oxygen atoms in total. The van der Waals surface area contributed by atoms with E-state index in [-0.39, 0.29) is 10.8 Å². The van der Waals surface area contributed by atoms with Gasteiger partial charge in [0, 0.05) is 27.5 Å². The van der Waals surface area contributed by atoms with E-state index in [0.717, 1.165) is 37.8 Å². The molecule has 3 heteroatoms. The lowest BCUT2D eigenvalue weighted by Gasteiger charge is -2.27. The summed E-state index contributed by atoms with van der Waals surface area (Å²) in [6, 6.07) is 49.0. The minimum atomic E-state index is -2.97. The molecule has 228 valence electrons. The summed E-state index contributed by atoms with van der Waals surface area (Å²) in [6.07, 6.45) is 0. The maximum Gasteiger partial charge on any atom is 0.109 e. The molecule has 0 N–H and O–H groups in total. The molecule has 0 spiro atoms. The molecule has 2 aliphatic carbocycles. The Morgan fingerprint density at radius 3 is 1.55 bits per heavy atom. The van der Waals surface area contributed by atoms with Crippen molar-refractivity contribution in [3.05, 3.63) is 178 Å². The summed E-state index contributed by atoms with van der Waals surface area (Å²) in [5, 5.41) is 0. The lowest BCUT2D eigenvalue weighted by atomic mass is 9.80. The predicted octanol–water partition coefficient (Wildman–Crippen LogP) is 11.1. The third-order valence-electron chi connectivity index (χ3n) is 10.7. The first-order valence-electron chi connectivity index (χ1n) is 16.3. The van der Waals surface area contributed by atoms with Gasteiger partial charge in [-0.2, -0.15) is 4.36 Å². The lowest BCUT2D eigenvalue weighted by Crippen LogP contribution is -2.16. The fourth-order valence-corrected chi connectivity index (χ4v) is 10.4.